The Morgan fingerprint density at radius 1 is 1.12 bits per heavy atom. The number of nitrogens with zero attached hydrogens (tertiary/aromatic N) is 1. The zero-order valence-corrected chi connectivity index (χ0v) is 15.7. The van der Waals surface area contributed by atoms with Gasteiger partial charge in [-0.2, -0.15) is 0 Å². The van der Waals surface area contributed by atoms with Crippen LogP contribution in [0.25, 0.3) is 0 Å². The van der Waals surface area contributed by atoms with Gasteiger partial charge in [0.2, 0.25) is 0 Å². The Labute approximate surface area is 164 Å². The number of benzene rings is 2. The molecule has 0 saturated carbocycles. The molecule has 1 heterocycles. The van der Waals surface area contributed by atoms with E-state index in [-0.39, 0.29) is 5.92 Å². The van der Waals surface area contributed by atoms with Gasteiger partial charge < -0.3 is 10.2 Å². The molecule has 2 atom stereocenters. The standard InChI is InChI=1S/C17H12Cl4N2O2/c18-12-5-2-6-13(19)14(12)15-11(8-22-25-15)9-3-1-4-10(7-9)23-17(24)16(20)21/h1-8,11,15-16H,(H,23,24). The number of alkyl halides is 2. The first kappa shape index (κ1) is 18.3. The Hall–Kier alpha value is -1.46. The van der Waals surface area contributed by atoms with Crippen molar-refractivity contribution in [2.24, 2.45) is 5.16 Å². The van der Waals surface area contributed by atoms with Crippen LogP contribution >= 0.6 is 46.4 Å². The van der Waals surface area contributed by atoms with Crippen molar-refractivity contribution < 1.29 is 9.63 Å². The molecule has 1 aliphatic heterocycles. The molecule has 4 nitrogen and oxygen atoms in total. The highest BCUT2D eigenvalue weighted by molar-refractivity contribution is 6.54. The van der Waals surface area contributed by atoms with Crippen LogP contribution in [0.3, 0.4) is 0 Å². The molecule has 1 N–H and O–H groups in total. The van der Waals surface area contributed by atoms with Crippen LogP contribution in [-0.2, 0) is 9.63 Å². The minimum Gasteiger partial charge on any atom is -0.387 e. The van der Waals surface area contributed by atoms with E-state index in [4.69, 9.17) is 51.2 Å². The van der Waals surface area contributed by atoms with Gasteiger partial charge in [0.05, 0.1) is 12.1 Å². The normalized spacial score (nSPS) is 19.1. The van der Waals surface area contributed by atoms with E-state index in [1.165, 1.54) is 0 Å². The third-order valence-electron chi connectivity index (χ3n) is 3.74. The number of anilines is 1. The third-order valence-corrected chi connectivity index (χ3v) is 4.80. The molecule has 0 aliphatic carbocycles. The van der Waals surface area contributed by atoms with E-state index in [0.29, 0.717) is 21.3 Å². The van der Waals surface area contributed by atoms with Gasteiger partial charge in [-0.05, 0) is 29.8 Å². The van der Waals surface area contributed by atoms with E-state index in [0.717, 1.165) is 5.56 Å². The summed E-state index contributed by atoms with van der Waals surface area (Å²) in [5.41, 5.74) is 2.11. The Morgan fingerprint density at radius 2 is 1.80 bits per heavy atom. The average molecular weight is 418 g/mol. The highest BCUT2D eigenvalue weighted by Crippen LogP contribution is 2.43. The lowest BCUT2D eigenvalue weighted by atomic mass is 9.90. The highest BCUT2D eigenvalue weighted by Gasteiger charge is 2.33. The van der Waals surface area contributed by atoms with Crippen molar-refractivity contribution >= 4 is 64.2 Å². The molecule has 2 aromatic rings. The number of carbonyl (C=O) groups is 1. The van der Waals surface area contributed by atoms with Crippen LogP contribution < -0.4 is 5.32 Å². The number of hydrogen-bond donors (Lipinski definition) is 1. The monoisotopic (exact) mass is 416 g/mol. The fourth-order valence-electron chi connectivity index (χ4n) is 2.61. The number of hydrogen-bond acceptors (Lipinski definition) is 3. The summed E-state index contributed by atoms with van der Waals surface area (Å²) in [5.74, 6) is -0.709. The summed E-state index contributed by atoms with van der Waals surface area (Å²) >= 11 is 23.7. The predicted molar refractivity (Wildman–Crippen MR) is 102 cm³/mol. The van der Waals surface area contributed by atoms with Gasteiger partial charge in [0.15, 0.2) is 10.9 Å². The maximum Gasteiger partial charge on any atom is 0.257 e. The van der Waals surface area contributed by atoms with E-state index in [9.17, 15) is 4.79 Å². The molecule has 1 aliphatic rings. The van der Waals surface area contributed by atoms with Gasteiger partial charge in [-0.15, -0.1) is 0 Å². The SMILES string of the molecule is O=C(Nc1cccc(C2C=NOC2c2c(Cl)cccc2Cl)c1)C(Cl)Cl. The van der Waals surface area contributed by atoms with Crippen molar-refractivity contribution in [2.75, 3.05) is 5.32 Å². The summed E-state index contributed by atoms with van der Waals surface area (Å²) in [6.07, 6.45) is 1.22. The van der Waals surface area contributed by atoms with Gasteiger partial charge in [-0.3, -0.25) is 4.79 Å². The quantitative estimate of drug-likeness (QED) is 0.660. The molecule has 0 radical (unpaired) electrons. The summed E-state index contributed by atoms with van der Waals surface area (Å²) in [6, 6.07) is 12.5. The lowest BCUT2D eigenvalue weighted by molar-refractivity contribution is -0.114. The minimum atomic E-state index is -1.14. The summed E-state index contributed by atoms with van der Waals surface area (Å²) < 4.78 is 0. The molecule has 0 aromatic heterocycles. The van der Waals surface area contributed by atoms with Crippen molar-refractivity contribution in [3.8, 4) is 0 Å². The fraction of sp³-hybridized carbons (Fsp3) is 0.176. The van der Waals surface area contributed by atoms with Gasteiger partial charge >= 0.3 is 0 Å². The molecular weight excluding hydrogens is 406 g/mol. The van der Waals surface area contributed by atoms with Crippen LogP contribution in [-0.4, -0.2) is 17.0 Å². The Kier molecular flexibility index (Phi) is 5.74. The molecule has 8 heteroatoms. The summed E-state index contributed by atoms with van der Waals surface area (Å²) in [4.78, 5) is 16.0. The molecule has 0 spiro atoms. The van der Waals surface area contributed by atoms with Crippen LogP contribution in [0.2, 0.25) is 10.0 Å². The fourth-order valence-corrected chi connectivity index (χ4v) is 3.33. The van der Waals surface area contributed by atoms with E-state index in [1.54, 1.807) is 42.6 Å². The summed E-state index contributed by atoms with van der Waals surface area (Å²) in [7, 11) is 0. The molecule has 130 valence electrons. The lowest BCUT2D eigenvalue weighted by Gasteiger charge is -2.20. The van der Waals surface area contributed by atoms with Crippen LogP contribution in [0.4, 0.5) is 5.69 Å². The number of amides is 1. The van der Waals surface area contributed by atoms with Crippen molar-refractivity contribution in [2.45, 2.75) is 16.9 Å². The van der Waals surface area contributed by atoms with E-state index in [2.05, 4.69) is 10.5 Å². The molecule has 25 heavy (non-hydrogen) atoms. The van der Waals surface area contributed by atoms with Crippen molar-refractivity contribution in [3.63, 3.8) is 0 Å². The first-order valence-corrected chi connectivity index (χ1v) is 8.92. The Bertz CT molecular complexity index is 806. The Balaban J connectivity index is 1.90. The molecular formula is C17H12Cl4N2O2. The smallest absolute Gasteiger partial charge is 0.257 e. The van der Waals surface area contributed by atoms with Gasteiger partial charge in [0, 0.05) is 21.3 Å². The van der Waals surface area contributed by atoms with E-state index < -0.39 is 16.8 Å². The second-order valence-corrected chi connectivity index (χ2v) is 7.27. The van der Waals surface area contributed by atoms with Crippen LogP contribution in [0.5, 0.6) is 0 Å². The van der Waals surface area contributed by atoms with Crippen LogP contribution in [0.1, 0.15) is 23.1 Å². The maximum atomic E-state index is 11.7. The second-order valence-electron chi connectivity index (χ2n) is 5.36. The zero-order valence-electron chi connectivity index (χ0n) is 12.6. The van der Waals surface area contributed by atoms with Crippen LogP contribution in [0.15, 0.2) is 47.6 Å². The number of nitrogens with one attached hydrogen (secondary N) is 1. The Morgan fingerprint density at radius 3 is 2.48 bits per heavy atom. The minimum absolute atomic E-state index is 0.211. The topological polar surface area (TPSA) is 50.7 Å². The van der Waals surface area contributed by atoms with Gasteiger partial charge in [-0.1, -0.05) is 69.8 Å². The zero-order chi connectivity index (χ0) is 18.0. The van der Waals surface area contributed by atoms with Crippen molar-refractivity contribution in [1.29, 1.82) is 0 Å². The lowest BCUT2D eigenvalue weighted by Crippen LogP contribution is -2.19. The summed E-state index contributed by atoms with van der Waals surface area (Å²) in [5, 5.41) is 7.58. The molecule has 2 aromatic carbocycles. The summed E-state index contributed by atoms with van der Waals surface area (Å²) in [6.45, 7) is 0. The molecule has 3 rings (SSSR count). The molecule has 0 bridgehead atoms. The first-order valence-electron chi connectivity index (χ1n) is 7.29. The number of carbonyl (C=O) groups excluding carboxylic acids is 1. The largest absolute Gasteiger partial charge is 0.387 e. The van der Waals surface area contributed by atoms with Crippen LogP contribution in [0, 0.1) is 0 Å². The first-order chi connectivity index (χ1) is 12.0. The maximum absolute atomic E-state index is 11.7. The predicted octanol–water partition coefficient (Wildman–Crippen LogP) is 5.58. The second kappa shape index (κ2) is 7.83. The number of oxime groups is 1. The molecule has 1 amide bonds. The van der Waals surface area contributed by atoms with E-state index >= 15 is 0 Å². The van der Waals surface area contributed by atoms with Gasteiger partial charge in [0.1, 0.15) is 0 Å². The van der Waals surface area contributed by atoms with Crippen molar-refractivity contribution in [1.82, 2.24) is 0 Å². The number of halogens is 4. The number of rotatable bonds is 4. The van der Waals surface area contributed by atoms with Gasteiger partial charge in [0.25, 0.3) is 5.91 Å². The van der Waals surface area contributed by atoms with E-state index in [1.807, 2.05) is 6.07 Å². The third kappa shape index (κ3) is 4.04. The van der Waals surface area contributed by atoms with Gasteiger partial charge in [-0.25, -0.2) is 0 Å². The molecule has 0 saturated heterocycles. The molecule has 0 fully saturated rings. The average Bonchev–Trinajstić information content (AvgIpc) is 3.04. The van der Waals surface area contributed by atoms with Crippen molar-refractivity contribution in [3.05, 3.63) is 63.6 Å². The molecule has 2 unspecified atom stereocenters. The highest BCUT2D eigenvalue weighted by atomic mass is 35.5.